The molecule has 3 atom stereocenters. The van der Waals surface area contributed by atoms with Crippen LogP contribution in [0.4, 0.5) is 0 Å². The molecule has 2 saturated heterocycles. The van der Waals surface area contributed by atoms with Gasteiger partial charge in [0.2, 0.25) is 5.91 Å². The molecule has 0 aromatic rings. The zero-order chi connectivity index (χ0) is 14.8. The van der Waals surface area contributed by atoms with Crippen molar-refractivity contribution >= 4 is 15.7 Å². The Morgan fingerprint density at radius 3 is 2.65 bits per heavy atom. The summed E-state index contributed by atoms with van der Waals surface area (Å²) < 4.78 is 23.1. The van der Waals surface area contributed by atoms with Crippen LogP contribution in [0.5, 0.6) is 0 Å². The predicted molar refractivity (Wildman–Crippen MR) is 77.0 cm³/mol. The van der Waals surface area contributed by atoms with Crippen LogP contribution < -0.4 is 0 Å². The maximum atomic E-state index is 12.6. The van der Waals surface area contributed by atoms with Crippen LogP contribution >= 0.6 is 0 Å². The third-order valence-corrected chi connectivity index (χ3v) is 6.12. The number of hydrogen-bond donors (Lipinski definition) is 1. The Morgan fingerprint density at radius 1 is 1.30 bits per heavy atom. The lowest BCUT2D eigenvalue weighted by molar-refractivity contribution is -0.137. The minimum absolute atomic E-state index is 0.00370. The van der Waals surface area contributed by atoms with Gasteiger partial charge in [-0.25, -0.2) is 8.42 Å². The van der Waals surface area contributed by atoms with Crippen LogP contribution in [0, 0.1) is 5.92 Å². The number of sulfone groups is 1. The van der Waals surface area contributed by atoms with Gasteiger partial charge < -0.3 is 10.0 Å². The maximum absolute atomic E-state index is 12.6. The van der Waals surface area contributed by atoms with Crippen molar-refractivity contribution < 1.29 is 18.3 Å². The van der Waals surface area contributed by atoms with Crippen molar-refractivity contribution in [1.82, 2.24) is 4.90 Å². The van der Waals surface area contributed by atoms with Gasteiger partial charge in [-0.1, -0.05) is 12.8 Å². The number of rotatable bonds is 3. The summed E-state index contributed by atoms with van der Waals surface area (Å²) in [6.45, 7) is 2.44. The first kappa shape index (κ1) is 15.8. The van der Waals surface area contributed by atoms with Crippen molar-refractivity contribution in [3.05, 3.63) is 0 Å². The minimum Gasteiger partial charge on any atom is -0.393 e. The Morgan fingerprint density at radius 2 is 2.05 bits per heavy atom. The monoisotopic (exact) mass is 303 g/mol. The van der Waals surface area contributed by atoms with E-state index in [9.17, 15) is 18.3 Å². The van der Waals surface area contributed by atoms with Crippen molar-refractivity contribution in [2.24, 2.45) is 5.92 Å². The van der Waals surface area contributed by atoms with Gasteiger partial charge in [0.15, 0.2) is 9.84 Å². The van der Waals surface area contributed by atoms with Crippen molar-refractivity contribution in [2.75, 3.05) is 18.1 Å². The normalized spacial score (nSPS) is 31.8. The molecule has 3 unspecified atom stereocenters. The minimum atomic E-state index is -3.03. The van der Waals surface area contributed by atoms with Crippen molar-refractivity contribution in [2.45, 2.75) is 57.6 Å². The lowest BCUT2D eigenvalue weighted by Crippen LogP contribution is -2.44. The molecule has 0 aromatic heterocycles. The second-order valence-corrected chi connectivity index (χ2v) is 8.45. The first-order valence-electron chi connectivity index (χ1n) is 7.58. The lowest BCUT2D eigenvalue weighted by Gasteiger charge is -2.32. The fraction of sp³-hybridized carbons (Fsp3) is 0.929. The van der Waals surface area contributed by atoms with Crippen molar-refractivity contribution in [1.29, 1.82) is 0 Å². The molecule has 0 saturated carbocycles. The second kappa shape index (κ2) is 6.43. The molecule has 5 nitrogen and oxygen atoms in total. The Labute approximate surface area is 121 Å². The molecule has 0 aliphatic carbocycles. The third-order valence-electron chi connectivity index (χ3n) is 4.36. The Balaban J connectivity index is 2.07. The highest BCUT2D eigenvalue weighted by molar-refractivity contribution is 7.91. The quantitative estimate of drug-likeness (QED) is 0.843. The Kier molecular flexibility index (Phi) is 5.07. The van der Waals surface area contributed by atoms with E-state index in [-0.39, 0.29) is 29.4 Å². The Hall–Kier alpha value is -0.620. The van der Waals surface area contributed by atoms with E-state index in [1.165, 1.54) is 0 Å². The van der Waals surface area contributed by atoms with E-state index >= 15 is 0 Å². The number of carbonyl (C=O) groups is 1. The number of carbonyl (C=O) groups excluding carboxylic acids is 1. The van der Waals surface area contributed by atoms with Crippen LogP contribution in [0.25, 0.3) is 0 Å². The van der Waals surface area contributed by atoms with Gasteiger partial charge in [0, 0.05) is 12.6 Å². The van der Waals surface area contributed by atoms with Crippen LogP contribution in [0.1, 0.15) is 45.4 Å². The standard InChI is InChI=1S/C14H25NO4S/c1-11(16)9-13-5-3-2-4-7-15(13)14(17)12-6-8-20(18,19)10-12/h11-13,16H,2-10H2,1H3. The third kappa shape index (κ3) is 3.95. The summed E-state index contributed by atoms with van der Waals surface area (Å²) in [5.41, 5.74) is 0. The molecule has 2 aliphatic rings. The van der Waals surface area contributed by atoms with Crippen molar-refractivity contribution in [3.63, 3.8) is 0 Å². The SMILES string of the molecule is CC(O)CC1CCCCCN1C(=O)C1CCS(=O)(=O)C1. The molecule has 0 bridgehead atoms. The van der Waals surface area contributed by atoms with Crippen LogP contribution in [0.3, 0.4) is 0 Å². The van der Waals surface area contributed by atoms with Gasteiger partial charge in [-0.2, -0.15) is 0 Å². The predicted octanol–water partition coefficient (Wildman–Crippen LogP) is 0.963. The molecule has 1 amide bonds. The molecule has 2 aliphatic heterocycles. The lowest BCUT2D eigenvalue weighted by atomic mass is 10.0. The maximum Gasteiger partial charge on any atom is 0.226 e. The zero-order valence-corrected chi connectivity index (χ0v) is 12.9. The Bertz CT molecular complexity index is 446. The van der Waals surface area contributed by atoms with Crippen molar-refractivity contribution in [3.8, 4) is 0 Å². The number of aliphatic hydroxyl groups excluding tert-OH is 1. The highest BCUT2D eigenvalue weighted by atomic mass is 32.2. The summed E-state index contributed by atoms with van der Waals surface area (Å²) in [4.78, 5) is 14.5. The van der Waals surface area contributed by atoms with Gasteiger partial charge in [0.25, 0.3) is 0 Å². The van der Waals surface area contributed by atoms with Gasteiger partial charge in [0.05, 0.1) is 23.5 Å². The summed E-state index contributed by atoms with van der Waals surface area (Å²) in [6, 6.07) is 0.0632. The van der Waals surface area contributed by atoms with Gasteiger partial charge in [-0.05, 0) is 32.6 Å². The van der Waals surface area contributed by atoms with Gasteiger partial charge in [-0.15, -0.1) is 0 Å². The molecule has 0 aromatic carbocycles. The second-order valence-electron chi connectivity index (χ2n) is 6.22. The topological polar surface area (TPSA) is 74.7 Å². The molecule has 116 valence electrons. The molecule has 1 N–H and O–H groups in total. The molecule has 2 fully saturated rings. The summed E-state index contributed by atoms with van der Waals surface area (Å²) >= 11 is 0. The average molecular weight is 303 g/mol. The van der Waals surface area contributed by atoms with E-state index in [1.807, 2.05) is 4.90 Å². The molecule has 6 heteroatoms. The average Bonchev–Trinajstić information content (AvgIpc) is 2.58. The molecular weight excluding hydrogens is 278 g/mol. The largest absolute Gasteiger partial charge is 0.393 e. The van der Waals surface area contributed by atoms with E-state index in [4.69, 9.17) is 0 Å². The van der Waals surface area contributed by atoms with E-state index in [0.717, 1.165) is 25.7 Å². The highest BCUT2D eigenvalue weighted by Gasteiger charge is 2.37. The molecular formula is C14H25NO4S. The van der Waals surface area contributed by atoms with Crippen LogP contribution in [-0.4, -0.2) is 54.5 Å². The summed E-state index contributed by atoms with van der Waals surface area (Å²) in [5.74, 6) is -0.240. The van der Waals surface area contributed by atoms with Crippen LogP contribution in [0.2, 0.25) is 0 Å². The van der Waals surface area contributed by atoms with Crippen LogP contribution in [-0.2, 0) is 14.6 Å². The van der Waals surface area contributed by atoms with Gasteiger partial charge in [-0.3, -0.25) is 4.79 Å². The van der Waals surface area contributed by atoms with E-state index in [0.29, 0.717) is 19.4 Å². The first-order valence-corrected chi connectivity index (χ1v) is 9.40. The highest BCUT2D eigenvalue weighted by Crippen LogP contribution is 2.26. The zero-order valence-electron chi connectivity index (χ0n) is 12.1. The summed E-state index contributed by atoms with van der Waals surface area (Å²) in [7, 11) is -3.03. The number of likely N-dealkylation sites (tertiary alicyclic amines) is 1. The molecule has 0 radical (unpaired) electrons. The molecule has 2 rings (SSSR count). The summed E-state index contributed by atoms with van der Waals surface area (Å²) in [6.07, 6.45) is 4.68. The van der Waals surface area contributed by atoms with E-state index in [2.05, 4.69) is 0 Å². The molecule has 2 heterocycles. The van der Waals surface area contributed by atoms with E-state index in [1.54, 1.807) is 6.92 Å². The van der Waals surface area contributed by atoms with E-state index < -0.39 is 15.9 Å². The smallest absolute Gasteiger partial charge is 0.226 e. The fourth-order valence-electron chi connectivity index (χ4n) is 3.33. The first-order chi connectivity index (χ1) is 9.39. The number of hydrogen-bond acceptors (Lipinski definition) is 4. The van der Waals surface area contributed by atoms with Gasteiger partial charge in [0.1, 0.15) is 0 Å². The fourth-order valence-corrected chi connectivity index (χ4v) is 5.06. The molecule has 0 spiro atoms. The van der Waals surface area contributed by atoms with Crippen LogP contribution in [0.15, 0.2) is 0 Å². The number of amides is 1. The summed E-state index contributed by atoms with van der Waals surface area (Å²) in [5, 5.41) is 9.61. The van der Waals surface area contributed by atoms with Gasteiger partial charge >= 0.3 is 0 Å². The molecule has 20 heavy (non-hydrogen) atoms. The number of aliphatic hydroxyl groups is 1. The number of nitrogens with zero attached hydrogens (tertiary/aromatic N) is 1.